The standard InChI is InChI=1S/C17H17FN6O2S/c18-12-6-11(15(20)26)16(24-17(12)23-10(7-25)3-4-19)22-9-1-2-14-13(5-9)21-8-27-14/h1-2,5-8,10H,3-4,19H2,(H2,20,26)(H2,22,23,24). The number of benzene rings is 1. The van der Waals surface area contributed by atoms with Crippen LogP contribution in [0.3, 0.4) is 0 Å². The van der Waals surface area contributed by atoms with E-state index in [2.05, 4.69) is 20.6 Å². The second kappa shape index (κ2) is 8.06. The van der Waals surface area contributed by atoms with Crippen LogP contribution in [0.25, 0.3) is 10.2 Å². The Morgan fingerprint density at radius 2 is 2.15 bits per heavy atom. The first-order chi connectivity index (χ1) is 13.0. The molecule has 2 heterocycles. The van der Waals surface area contributed by atoms with Gasteiger partial charge < -0.3 is 26.9 Å². The van der Waals surface area contributed by atoms with E-state index in [4.69, 9.17) is 11.5 Å². The van der Waals surface area contributed by atoms with Gasteiger partial charge in [0.15, 0.2) is 11.6 Å². The number of fused-ring (bicyclic) bond motifs is 1. The van der Waals surface area contributed by atoms with E-state index < -0.39 is 17.8 Å². The third kappa shape index (κ3) is 4.18. The maximum absolute atomic E-state index is 14.3. The van der Waals surface area contributed by atoms with Gasteiger partial charge in [0.05, 0.1) is 27.3 Å². The Morgan fingerprint density at radius 1 is 1.33 bits per heavy atom. The van der Waals surface area contributed by atoms with Crippen molar-refractivity contribution in [3.05, 3.63) is 41.2 Å². The number of nitrogens with zero attached hydrogens (tertiary/aromatic N) is 2. The predicted molar refractivity (Wildman–Crippen MR) is 103 cm³/mol. The second-order valence-corrected chi connectivity index (χ2v) is 6.59. The molecule has 0 saturated carbocycles. The lowest BCUT2D eigenvalue weighted by Crippen LogP contribution is -2.26. The lowest BCUT2D eigenvalue weighted by Gasteiger charge is -2.16. The van der Waals surface area contributed by atoms with E-state index in [-0.39, 0.29) is 23.7 Å². The molecule has 10 heteroatoms. The first kappa shape index (κ1) is 18.7. The van der Waals surface area contributed by atoms with Crippen molar-refractivity contribution in [3.63, 3.8) is 0 Å². The van der Waals surface area contributed by atoms with Gasteiger partial charge >= 0.3 is 0 Å². The molecule has 0 aliphatic rings. The van der Waals surface area contributed by atoms with Crippen molar-refractivity contribution in [1.29, 1.82) is 0 Å². The monoisotopic (exact) mass is 388 g/mol. The Morgan fingerprint density at radius 3 is 2.85 bits per heavy atom. The quantitative estimate of drug-likeness (QED) is 0.433. The number of hydrogen-bond acceptors (Lipinski definition) is 8. The van der Waals surface area contributed by atoms with Gasteiger partial charge in [-0.15, -0.1) is 11.3 Å². The molecular weight excluding hydrogens is 371 g/mol. The summed E-state index contributed by atoms with van der Waals surface area (Å²) >= 11 is 1.50. The van der Waals surface area contributed by atoms with Crippen molar-refractivity contribution in [2.45, 2.75) is 12.5 Å². The van der Waals surface area contributed by atoms with E-state index >= 15 is 0 Å². The number of thiazole rings is 1. The zero-order valence-corrected chi connectivity index (χ0v) is 14.9. The lowest BCUT2D eigenvalue weighted by molar-refractivity contribution is -0.108. The molecule has 0 fully saturated rings. The van der Waals surface area contributed by atoms with Crippen LogP contribution in [0, 0.1) is 5.82 Å². The van der Waals surface area contributed by atoms with Crippen molar-refractivity contribution < 1.29 is 14.0 Å². The molecule has 0 radical (unpaired) electrons. The number of carbonyl (C=O) groups is 2. The number of anilines is 3. The summed E-state index contributed by atoms with van der Waals surface area (Å²) in [7, 11) is 0. The smallest absolute Gasteiger partial charge is 0.252 e. The molecule has 1 aromatic carbocycles. The molecule has 1 amide bonds. The number of primary amides is 1. The Labute approximate surface area is 157 Å². The van der Waals surface area contributed by atoms with E-state index in [1.54, 1.807) is 17.6 Å². The topological polar surface area (TPSA) is 136 Å². The summed E-state index contributed by atoms with van der Waals surface area (Å²) in [5.74, 6) is -1.74. The largest absolute Gasteiger partial charge is 0.365 e. The van der Waals surface area contributed by atoms with Gasteiger partial charge in [0.2, 0.25) is 0 Å². The summed E-state index contributed by atoms with van der Waals surface area (Å²) in [5.41, 5.74) is 13.8. The summed E-state index contributed by atoms with van der Waals surface area (Å²) in [5, 5.41) is 5.64. The highest BCUT2D eigenvalue weighted by molar-refractivity contribution is 7.16. The molecule has 1 unspecified atom stereocenters. The molecule has 0 bridgehead atoms. The van der Waals surface area contributed by atoms with Crippen LogP contribution >= 0.6 is 11.3 Å². The highest BCUT2D eigenvalue weighted by Crippen LogP contribution is 2.27. The number of hydrogen-bond donors (Lipinski definition) is 4. The molecule has 0 saturated heterocycles. The number of halogens is 1. The maximum Gasteiger partial charge on any atom is 0.252 e. The van der Waals surface area contributed by atoms with Crippen LogP contribution in [0.5, 0.6) is 0 Å². The number of aromatic nitrogens is 2. The Bertz CT molecular complexity index is 993. The molecule has 140 valence electrons. The minimum Gasteiger partial charge on any atom is -0.365 e. The summed E-state index contributed by atoms with van der Waals surface area (Å²) in [4.78, 5) is 31.1. The van der Waals surface area contributed by atoms with Crippen molar-refractivity contribution in [2.75, 3.05) is 17.2 Å². The van der Waals surface area contributed by atoms with Crippen molar-refractivity contribution in [1.82, 2.24) is 9.97 Å². The fourth-order valence-corrected chi connectivity index (χ4v) is 3.13. The number of aldehydes is 1. The van der Waals surface area contributed by atoms with Gasteiger partial charge in [0.1, 0.15) is 12.1 Å². The van der Waals surface area contributed by atoms with Gasteiger partial charge in [-0.25, -0.2) is 14.4 Å². The van der Waals surface area contributed by atoms with Crippen molar-refractivity contribution in [2.24, 2.45) is 11.5 Å². The molecule has 0 aliphatic carbocycles. The highest BCUT2D eigenvalue weighted by atomic mass is 32.1. The fraction of sp³-hybridized carbons (Fsp3) is 0.176. The minimum atomic E-state index is -0.834. The average molecular weight is 388 g/mol. The van der Waals surface area contributed by atoms with E-state index in [1.807, 2.05) is 6.07 Å². The van der Waals surface area contributed by atoms with Crippen LogP contribution in [0.1, 0.15) is 16.8 Å². The van der Waals surface area contributed by atoms with E-state index in [0.717, 1.165) is 16.3 Å². The number of pyridine rings is 1. The lowest BCUT2D eigenvalue weighted by atomic mass is 10.2. The van der Waals surface area contributed by atoms with Crippen molar-refractivity contribution >= 4 is 51.1 Å². The average Bonchev–Trinajstić information content (AvgIpc) is 3.11. The Kier molecular flexibility index (Phi) is 5.57. The summed E-state index contributed by atoms with van der Waals surface area (Å²) < 4.78 is 15.3. The molecule has 0 spiro atoms. The first-order valence-corrected chi connectivity index (χ1v) is 8.92. The summed E-state index contributed by atoms with van der Waals surface area (Å²) in [6.07, 6.45) is 0.935. The molecule has 2 aromatic heterocycles. The minimum absolute atomic E-state index is 0.0679. The van der Waals surface area contributed by atoms with Gasteiger partial charge in [-0.1, -0.05) is 0 Å². The third-order valence-corrected chi connectivity index (χ3v) is 4.61. The molecule has 3 rings (SSSR count). The van der Waals surface area contributed by atoms with Gasteiger partial charge in [-0.3, -0.25) is 4.79 Å². The van der Waals surface area contributed by atoms with E-state index in [0.29, 0.717) is 18.4 Å². The number of nitrogens with two attached hydrogens (primary N) is 2. The number of carbonyl (C=O) groups excluding carboxylic acids is 2. The predicted octanol–water partition coefficient (Wildman–Crippen LogP) is 2.00. The number of nitrogens with one attached hydrogen (secondary N) is 2. The summed E-state index contributed by atoms with van der Waals surface area (Å²) in [6.45, 7) is 0.246. The van der Waals surface area contributed by atoms with Gasteiger partial charge in [-0.05, 0) is 37.2 Å². The third-order valence-electron chi connectivity index (χ3n) is 3.80. The second-order valence-electron chi connectivity index (χ2n) is 5.70. The van der Waals surface area contributed by atoms with Crippen molar-refractivity contribution in [3.8, 4) is 0 Å². The van der Waals surface area contributed by atoms with Gasteiger partial charge in [-0.2, -0.15) is 0 Å². The summed E-state index contributed by atoms with van der Waals surface area (Å²) in [6, 6.07) is 5.71. The molecule has 8 nitrogen and oxygen atoms in total. The Balaban J connectivity index is 1.96. The van der Waals surface area contributed by atoms with Crippen LogP contribution in [0.15, 0.2) is 29.8 Å². The molecule has 27 heavy (non-hydrogen) atoms. The molecular formula is C17H17FN6O2S. The zero-order chi connectivity index (χ0) is 19.4. The Hall–Kier alpha value is -3.11. The van der Waals surface area contributed by atoms with Gasteiger partial charge in [0, 0.05) is 5.69 Å². The molecule has 1 atom stereocenters. The molecule has 0 aliphatic heterocycles. The SMILES string of the molecule is NCCC(C=O)Nc1nc(Nc2ccc3scnc3c2)c(C(N)=O)cc1F. The highest BCUT2D eigenvalue weighted by Gasteiger charge is 2.18. The molecule has 6 N–H and O–H groups in total. The fourth-order valence-electron chi connectivity index (χ4n) is 2.47. The van der Waals surface area contributed by atoms with Crippen LogP contribution in [0.4, 0.5) is 21.7 Å². The van der Waals surface area contributed by atoms with Crippen LogP contribution in [-0.2, 0) is 4.79 Å². The zero-order valence-electron chi connectivity index (χ0n) is 14.1. The molecule has 3 aromatic rings. The number of rotatable bonds is 8. The van der Waals surface area contributed by atoms with Crippen LogP contribution in [0.2, 0.25) is 0 Å². The van der Waals surface area contributed by atoms with E-state index in [1.165, 1.54) is 11.3 Å². The normalized spacial score (nSPS) is 11.9. The first-order valence-electron chi connectivity index (χ1n) is 8.04. The van der Waals surface area contributed by atoms with Gasteiger partial charge in [0.25, 0.3) is 5.91 Å². The maximum atomic E-state index is 14.3. The van der Waals surface area contributed by atoms with Crippen LogP contribution in [-0.4, -0.2) is 34.7 Å². The van der Waals surface area contributed by atoms with Crippen LogP contribution < -0.4 is 22.1 Å². The number of amides is 1. The van der Waals surface area contributed by atoms with E-state index in [9.17, 15) is 14.0 Å².